The summed E-state index contributed by atoms with van der Waals surface area (Å²) < 4.78 is 5.27. The zero-order valence-electron chi connectivity index (χ0n) is 13.0. The van der Waals surface area contributed by atoms with Crippen molar-refractivity contribution in [1.82, 2.24) is 10.2 Å². The third-order valence-corrected chi connectivity index (χ3v) is 4.58. The van der Waals surface area contributed by atoms with Crippen molar-refractivity contribution in [3.63, 3.8) is 0 Å². The molecule has 2 amide bonds. The predicted octanol–water partition coefficient (Wildman–Crippen LogP) is 1.65. The van der Waals surface area contributed by atoms with Crippen molar-refractivity contribution in [1.29, 1.82) is 0 Å². The SMILES string of the molecule is CCCN(C(=O)NC(C)CSCC)C1COCC1C(=O)O. The van der Waals surface area contributed by atoms with Gasteiger partial charge in [0.25, 0.3) is 0 Å². The Morgan fingerprint density at radius 3 is 2.71 bits per heavy atom. The van der Waals surface area contributed by atoms with E-state index in [1.165, 1.54) is 0 Å². The van der Waals surface area contributed by atoms with Gasteiger partial charge >= 0.3 is 12.0 Å². The first-order valence-electron chi connectivity index (χ1n) is 7.46. The molecule has 0 spiro atoms. The van der Waals surface area contributed by atoms with Gasteiger partial charge in [-0.25, -0.2) is 4.79 Å². The Labute approximate surface area is 130 Å². The number of hydrogen-bond donors (Lipinski definition) is 2. The van der Waals surface area contributed by atoms with Crippen LogP contribution in [0.1, 0.15) is 27.2 Å². The molecule has 3 atom stereocenters. The van der Waals surface area contributed by atoms with Gasteiger partial charge in [0, 0.05) is 18.3 Å². The van der Waals surface area contributed by atoms with E-state index in [0.717, 1.165) is 17.9 Å². The normalized spacial score (nSPS) is 22.8. The van der Waals surface area contributed by atoms with Gasteiger partial charge in [-0.2, -0.15) is 11.8 Å². The van der Waals surface area contributed by atoms with Crippen LogP contribution in [-0.2, 0) is 9.53 Å². The Morgan fingerprint density at radius 1 is 1.43 bits per heavy atom. The number of thioether (sulfide) groups is 1. The number of nitrogens with zero attached hydrogens (tertiary/aromatic N) is 1. The van der Waals surface area contributed by atoms with Crippen LogP contribution in [0, 0.1) is 5.92 Å². The second-order valence-corrected chi connectivity index (χ2v) is 6.57. The average Bonchev–Trinajstić information content (AvgIpc) is 2.91. The Morgan fingerprint density at radius 2 is 2.14 bits per heavy atom. The van der Waals surface area contributed by atoms with Crippen molar-refractivity contribution in [2.75, 3.05) is 31.3 Å². The Balaban J connectivity index is 2.67. The molecule has 0 aliphatic carbocycles. The Hall–Kier alpha value is -0.950. The van der Waals surface area contributed by atoms with E-state index in [9.17, 15) is 14.7 Å². The largest absolute Gasteiger partial charge is 0.481 e. The summed E-state index contributed by atoms with van der Waals surface area (Å²) in [6.07, 6.45) is 0.786. The maximum atomic E-state index is 12.4. The van der Waals surface area contributed by atoms with E-state index in [1.54, 1.807) is 16.7 Å². The molecule has 2 N–H and O–H groups in total. The highest BCUT2D eigenvalue weighted by Gasteiger charge is 2.39. The molecular weight excluding hydrogens is 292 g/mol. The highest BCUT2D eigenvalue weighted by molar-refractivity contribution is 7.99. The summed E-state index contributed by atoms with van der Waals surface area (Å²) in [6.45, 7) is 7.02. The molecule has 0 bridgehead atoms. The van der Waals surface area contributed by atoms with Crippen molar-refractivity contribution >= 4 is 23.8 Å². The number of urea groups is 1. The van der Waals surface area contributed by atoms with Gasteiger partial charge < -0.3 is 20.1 Å². The van der Waals surface area contributed by atoms with Gasteiger partial charge in [-0.05, 0) is 19.1 Å². The van der Waals surface area contributed by atoms with E-state index in [0.29, 0.717) is 13.2 Å². The van der Waals surface area contributed by atoms with E-state index < -0.39 is 11.9 Å². The van der Waals surface area contributed by atoms with Gasteiger partial charge in [0.1, 0.15) is 5.92 Å². The summed E-state index contributed by atoms with van der Waals surface area (Å²) >= 11 is 1.77. The molecule has 21 heavy (non-hydrogen) atoms. The lowest BCUT2D eigenvalue weighted by molar-refractivity contribution is -0.142. The fraction of sp³-hybridized carbons (Fsp3) is 0.857. The number of carbonyl (C=O) groups is 2. The minimum absolute atomic E-state index is 0.0624. The van der Waals surface area contributed by atoms with E-state index in [1.807, 2.05) is 13.8 Å². The number of amides is 2. The van der Waals surface area contributed by atoms with Gasteiger partial charge in [0.15, 0.2) is 0 Å². The maximum absolute atomic E-state index is 12.4. The Kier molecular flexibility index (Phi) is 7.88. The van der Waals surface area contributed by atoms with Crippen LogP contribution in [0.5, 0.6) is 0 Å². The minimum Gasteiger partial charge on any atom is -0.481 e. The van der Waals surface area contributed by atoms with E-state index in [-0.39, 0.29) is 24.7 Å². The molecule has 1 saturated heterocycles. The van der Waals surface area contributed by atoms with Crippen LogP contribution in [0.15, 0.2) is 0 Å². The van der Waals surface area contributed by atoms with Crippen LogP contribution in [0.4, 0.5) is 4.79 Å². The number of hydrogen-bond acceptors (Lipinski definition) is 4. The molecule has 1 heterocycles. The van der Waals surface area contributed by atoms with Gasteiger partial charge in [-0.3, -0.25) is 4.79 Å². The van der Waals surface area contributed by atoms with Crippen LogP contribution in [0.2, 0.25) is 0 Å². The van der Waals surface area contributed by atoms with Crippen molar-refractivity contribution in [2.24, 2.45) is 5.92 Å². The highest BCUT2D eigenvalue weighted by Crippen LogP contribution is 2.20. The van der Waals surface area contributed by atoms with Crippen LogP contribution in [0.3, 0.4) is 0 Å². The summed E-state index contributed by atoms with van der Waals surface area (Å²) in [6, 6.07) is -0.510. The molecule has 1 fully saturated rings. The van der Waals surface area contributed by atoms with Crippen LogP contribution in [0.25, 0.3) is 0 Å². The first-order valence-corrected chi connectivity index (χ1v) is 8.62. The molecule has 6 nitrogen and oxygen atoms in total. The summed E-state index contributed by atoms with van der Waals surface area (Å²) in [7, 11) is 0. The third kappa shape index (κ3) is 5.39. The number of nitrogens with one attached hydrogen (secondary N) is 1. The van der Waals surface area contributed by atoms with Gasteiger partial charge in [0.2, 0.25) is 0 Å². The molecule has 0 aromatic heterocycles. The molecule has 0 radical (unpaired) electrons. The number of aliphatic carboxylic acids is 1. The van der Waals surface area contributed by atoms with E-state index >= 15 is 0 Å². The fourth-order valence-corrected chi connectivity index (χ4v) is 3.05. The second-order valence-electron chi connectivity index (χ2n) is 5.25. The number of carbonyl (C=O) groups excluding carboxylic acids is 1. The number of carboxylic acid groups (broad SMARTS) is 1. The number of rotatable bonds is 8. The minimum atomic E-state index is -0.902. The number of ether oxygens (including phenoxy) is 1. The average molecular weight is 318 g/mol. The zero-order chi connectivity index (χ0) is 15.8. The molecule has 0 saturated carbocycles. The van der Waals surface area contributed by atoms with Gasteiger partial charge in [-0.15, -0.1) is 0 Å². The topological polar surface area (TPSA) is 78.9 Å². The number of carboxylic acids is 1. The lowest BCUT2D eigenvalue weighted by atomic mass is 10.0. The molecular formula is C14H26N2O4S. The molecule has 1 aliphatic rings. The van der Waals surface area contributed by atoms with Gasteiger partial charge in [-0.1, -0.05) is 13.8 Å². The molecule has 1 rings (SSSR count). The first-order chi connectivity index (χ1) is 10.0. The monoisotopic (exact) mass is 318 g/mol. The summed E-state index contributed by atoms with van der Waals surface area (Å²) in [5.41, 5.74) is 0. The summed E-state index contributed by atoms with van der Waals surface area (Å²) in [5, 5.41) is 12.2. The van der Waals surface area contributed by atoms with Crippen molar-refractivity contribution in [2.45, 2.75) is 39.3 Å². The van der Waals surface area contributed by atoms with Crippen LogP contribution >= 0.6 is 11.8 Å². The van der Waals surface area contributed by atoms with Crippen molar-refractivity contribution < 1.29 is 19.4 Å². The second kappa shape index (κ2) is 9.15. The molecule has 7 heteroatoms. The van der Waals surface area contributed by atoms with Gasteiger partial charge in [0.05, 0.1) is 19.3 Å². The smallest absolute Gasteiger partial charge is 0.317 e. The first kappa shape index (κ1) is 18.1. The quantitative estimate of drug-likeness (QED) is 0.711. The van der Waals surface area contributed by atoms with Crippen molar-refractivity contribution in [3.05, 3.63) is 0 Å². The van der Waals surface area contributed by atoms with Crippen molar-refractivity contribution in [3.8, 4) is 0 Å². The van der Waals surface area contributed by atoms with Crippen LogP contribution < -0.4 is 5.32 Å². The highest BCUT2D eigenvalue weighted by atomic mass is 32.2. The standard InChI is InChI=1S/C14H26N2O4S/c1-4-6-16(12-8-20-7-11(12)13(17)18)14(19)15-10(3)9-21-5-2/h10-12H,4-9H2,1-3H3,(H,15,19)(H,17,18). The molecule has 122 valence electrons. The van der Waals surface area contributed by atoms with E-state index in [4.69, 9.17) is 4.74 Å². The van der Waals surface area contributed by atoms with E-state index in [2.05, 4.69) is 12.2 Å². The lowest BCUT2D eigenvalue weighted by Gasteiger charge is -2.31. The maximum Gasteiger partial charge on any atom is 0.317 e. The zero-order valence-corrected chi connectivity index (χ0v) is 13.8. The lowest BCUT2D eigenvalue weighted by Crippen LogP contribution is -2.52. The van der Waals surface area contributed by atoms with Crippen LogP contribution in [-0.4, -0.2) is 65.4 Å². The molecule has 0 aromatic rings. The molecule has 1 aliphatic heterocycles. The predicted molar refractivity (Wildman–Crippen MR) is 83.7 cm³/mol. The molecule has 3 unspecified atom stereocenters. The third-order valence-electron chi connectivity index (χ3n) is 3.44. The fourth-order valence-electron chi connectivity index (χ4n) is 2.37. The Bertz CT molecular complexity index is 354. The molecule has 0 aromatic carbocycles. The summed E-state index contributed by atoms with van der Waals surface area (Å²) in [5.74, 6) is 0.325. The summed E-state index contributed by atoms with van der Waals surface area (Å²) in [4.78, 5) is 25.3.